The van der Waals surface area contributed by atoms with Crippen LogP contribution in [0.4, 0.5) is 17.3 Å². The van der Waals surface area contributed by atoms with Gasteiger partial charge in [0, 0.05) is 55.1 Å². The van der Waals surface area contributed by atoms with Gasteiger partial charge < -0.3 is 8.96 Å². The lowest BCUT2D eigenvalue weighted by Crippen LogP contribution is -2.18. The molecule has 2 aliphatic heterocycles. The molecule has 254 valence electrons. The number of aromatic nitrogens is 2. The highest BCUT2D eigenvalue weighted by atomic mass is 33.1. The van der Waals surface area contributed by atoms with Crippen LogP contribution in [0.2, 0.25) is 0 Å². The van der Waals surface area contributed by atoms with E-state index in [0.717, 1.165) is 63.6 Å². The second kappa shape index (κ2) is 14.2. The third-order valence-electron chi connectivity index (χ3n) is 8.87. The van der Waals surface area contributed by atoms with Gasteiger partial charge in [-0.3, -0.25) is 27.2 Å². The van der Waals surface area contributed by atoms with Crippen molar-refractivity contribution in [2.24, 2.45) is 9.98 Å². The minimum absolute atomic E-state index is 0.471. The highest BCUT2D eigenvalue weighted by molar-refractivity contribution is 8.76. The van der Waals surface area contributed by atoms with Gasteiger partial charge in [-0.25, -0.2) is 0 Å². The quantitative estimate of drug-likeness (QED) is 0.0985. The fraction of sp³-hybridized carbons (Fsp3) is 0.211. The molecule has 4 heterocycles. The van der Waals surface area contributed by atoms with Gasteiger partial charge in [0.05, 0.1) is 11.4 Å². The Bertz CT molecular complexity index is 2030. The maximum absolute atomic E-state index is 14.3. The minimum atomic E-state index is -2.69. The Hall–Kier alpha value is -4.15. The van der Waals surface area contributed by atoms with Crippen LogP contribution >= 0.6 is 21.6 Å². The molecule has 0 radical (unpaired) electrons. The van der Waals surface area contributed by atoms with E-state index in [2.05, 4.69) is 0 Å². The number of aryl methyl sites for hydroxylation is 4. The van der Waals surface area contributed by atoms with E-state index < -0.39 is 14.8 Å². The van der Waals surface area contributed by atoms with E-state index in [0.29, 0.717) is 45.3 Å². The van der Waals surface area contributed by atoms with Crippen molar-refractivity contribution in [2.45, 2.75) is 65.2 Å². The highest BCUT2D eigenvalue weighted by Crippen LogP contribution is 2.42. The molecule has 2 aromatic carbocycles. The highest BCUT2D eigenvalue weighted by Gasteiger charge is 2.30. The molecule has 4 nitrogen and oxygen atoms in total. The summed E-state index contributed by atoms with van der Waals surface area (Å²) in [6.45, 7) is 14.8. The normalized spacial score (nSPS) is 16.3. The molecule has 0 saturated heterocycles. The first kappa shape index (κ1) is 35.7. The van der Waals surface area contributed by atoms with Gasteiger partial charge in [-0.05, 0) is 137 Å². The fourth-order valence-corrected chi connectivity index (χ4v) is 8.79. The molecule has 2 aromatic heterocycles. The molecule has 4 aromatic rings. The molecular weight excluding hydrogens is 674 g/mol. The predicted octanol–water partition coefficient (Wildman–Crippen LogP) is 11.2. The number of halogens is 4. The molecular formula is C38H36B2F4N4S2. The maximum atomic E-state index is 14.3. The number of hydrogen-bond donors (Lipinski definition) is 0. The molecule has 12 heteroatoms. The van der Waals surface area contributed by atoms with E-state index in [1.807, 2.05) is 102 Å². The number of rotatable bonds is 9. The molecule has 0 aliphatic carbocycles. The van der Waals surface area contributed by atoms with Crippen LogP contribution in [0.1, 0.15) is 72.7 Å². The lowest BCUT2D eigenvalue weighted by molar-refractivity contribution is 0.622. The van der Waals surface area contributed by atoms with Crippen LogP contribution < -0.4 is 0 Å². The number of allylic oxidation sites excluding steroid dienone is 4. The topological polar surface area (TPSA) is 34.6 Å². The van der Waals surface area contributed by atoms with Crippen molar-refractivity contribution < 1.29 is 17.3 Å². The predicted molar refractivity (Wildman–Crippen MR) is 205 cm³/mol. The van der Waals surface area contributed by atoms with Gasteiger partial charge in [-0.1, -0.05) is 45.9 Å². The Kier molecular flexibility index (Phi) is 10.2. The average molecular weight is 710 g/mol. The van der Waals surface area contributed by atoms with Crippen molar-refractivity contribution in [3.05, 3.63) is 140 Å². The molecule has 0 N–H and O–H groups in total. The number of nitrogens with zero attached hydrogens (tertiary/aromatic N) is 4. The van der Waals surface area contributed by atoms with Crippen molar-refractivity contribution in [3.8, 4) is 0 Å². The minimum Gasteiger partial charge on any atom is -0.329 e. The van der Waals surface area contributed by atoms with E-state index in [-0.39, 0.29) is 0 Å². The molecule has 0 amide bonds. The monoisotopic (exact) mass is 710 g/mol. The first-order valence-electron chi connectivity index (χ1n) is 16.2. The Balaban J connectivity index is 1.29. The van der Waals surface area contributed by atoms with Crippen LogP contribution in [0.15, 0.2) is 115 Å². The third-order valence-corrected chi connectivity index (χ3v) is 11.3. The Labute approximate surface area is 299 Å². The van der Waals surface area contributed by atoms with Crippen LogP contribution in [-0.4, -0.2) is 35.2 Å². The second-order valence-electron chi connectivity index (χ2n) is 12.8. The van der Waals surface area contributed by atoms with Crippen molar-refractivity contribution in [1.29, 1.82) is 0 Å². The van der Waals surface area contributed by atoms with Gasteiger partial charge in [-0.2, -0.15) is 0 Å². The van der Waals surface area contributed by atoms with Crippen LogP contribution in [0.5, 0.6) is 0 Å². The molecule has 0 fully saturated rings. The summed E-state index contributed by atoms with van der Waals surface area (Å²) in [4.78, 5) is 11.5. The lowest BCUT2D eigenvalue weighted by Gasteiger charge is -2.17. The molecule has 6 rings (SSSR count). The van der Waals surface area contributed by atoms with Gasteiger partial charge in [0.15, 0.2) is 0 Å². The number of aliphatic imine (C=N–C) groups is 2. The zero-order valence-corrected chi connectivity index (χ0v) is 30.8. The maximum Gasteiger partial charge on any atom is 0.677 e. The Morgan fingerprint density at radius 1 is 0.540 bits per heavy atom. The molecule has 0 atom stereocenters. The largest absolute Gasteiger partial charge is 0.677 e. The summed E-state index contributed by atoms with van der Waals surface area (Å²) >= 11 is 0. The first-order valence-corrected chi connectivity index (χ1v) is 18.4. The van der Waals surface area contributed by atoms with Crippen molar-refractivity contribution in [2.75, 3.05) is 0 Å². The summed E-state index contributed by atoms with van der Waals surface area (Å²) < 4.78 is 59.5. The molecule has 0 unspecified atom stereocenters. The van der Waals surface area contributed by atoms with E-state index >= 15 is 0 Å². The Morgan fingerprint density at radius 3 is 1.16 bits per heavy atom. The van der Waals surface area contributed by atoms with Crippen molar-refractivity contribution in [3.63, 3.8) is 0 Å². The molecule has 50 heavy (non-hydrogen) atoms. The van der Waals surface area contributed by atoms with Crippen LogP contribution in [-0.2, 0) is 0 Å². The second-order valence-corrected chi connectivity index (χ2v) is 15.0. The van der Waals surface area contributed by atoms with Crippen molar-refractivity contribution >= 4 is 59.0 Å². The van der Waals surface area contributed by atoms with Crippen LogP contribution in [0.3, 0.4) is 0 Å². The summed E-state index contributed by atoms with van der Waals surface area (Å²) in [5.74, 6) is 0. The third kappa shape index (κ3) is 6.80. The summed E-state index contributed by atoms with van der Waals surface area (Å²) in [5, 5.41) is 0. The van der Waals surface area contributed by atoms with Crippen LogP contribution in [0.25, 0.3) is 11.1 Å². The summed E-state index contributed by atoms with van der Waals surface area (Å²) in [6, 6.07) is 19.4. The van der Waals surface area contributed by atoms with Gasteiger partial charge in [0.1, 0.15) is 0 Å². The number of hydrogen-bond acceptors (Lipinski definition) is 4. The van der Waals surface area contributed by atoms with Gasteiger partial charge in [-0.15, -0.1) is 0 Å². The van der Waals surface area contributed by atoms with Gasteiger partial charge in [0.25, 0.3) is 0 Å². The van der Waals surface area contributed by atoms with E-state index in [9.17, 15) is 17.3 Å². The van der Waals surface area contributed by atoms with E-state index in [4.69, 9.17) is 9.98 Å². The first-order chi connectivity index (χ1) is 23.7. The molecule has 2 aliphatic rings. The number of benzene rings is 2. The van der Waals surface area contributed by atoms with E-state index in [1.165, 1.54) is 0 Å². The molecule has 0 bridgehead atoms. The van der Waals surface area contributed by atoms with Gasteiger partial charge >= 0.3 is 14.8 Å². The van der Waals surface area contributed by atoms with Crippen LogP contribution in [0, 0.1) is 27.7 Å². The standard InChI is InChI=1S/C38H36B2F4N4S2/c1-21-17-25(5)45-35(21)33(37-23(3)19-27(7)47(37)39(41)42)29-9-13-31(14-10-29)49-50-32-15-11-30(12-16-32)34(36-22(2)18-26(6)46-36)38-24(4)20-28(8)48(38)40(43)44/h9-20H,1-8H3/b35-33-,36-34-. The smallest absolute Gasteiger partial charge is 0.329 e. The Morgan fingerprint density at radius 2 is 0.880 bits per heavy atom. The van der Waals surface area contributed by atoms with Crippen molar-refractivity contribution in [1.82, 2.24) is 8.96 Å². The van der Waals surface area contributed by atoms with E-state index in [1.54, 1.807) is 47.6 Å². The van der Waals surface area contributed by atoms with Gasteiger partial charge in [0.2, 0.25) is 0 Å². The SMILES string of the molecule is CC1=CC(C)=N/C1=C(/c1ccc(SSc2ccc(/C(=C3/N=C(C)C=C3C)c3c(C)cc(C)n3B(F)F)cc2)cc1)c1c(C)cc(C)n1B(F)F. The lowest BCUT2D eigenvalue weighted by atomic mass is 9.94. The molecule has 0 saturated carbocycles. The fourth-order valence-electron chi connectivity index (χ4n) is 6.86. The zero-order chi connectivity index (χ0) is 36.0. The average Bonchev–Trinajstić information content (AvgIpc) is 3.75. The molecule has 0 spiro atoms. The zero-order valence-electron chi connectivity index (χ0n) is 29.2. The summed E-state index contributed by atoms with van der Waals surface area (Å²) in [5.41, 5.74) is 11.4. The summed E-state index contributed by atoms with van der Waals surface area (Å²) in [7, 11) is -2.22. The summed E-state index contributed by atoms with van der Waals surface area (Å²) in [6.07, 6.45) is 3.94.